The van der Waals surface area contributed by atoms with E-state index in [1.807, 2.05) is 42.5 Å². The summed E-state index contributed by atoms with van der Waals surface area (Å²) in [5.74, 6) is 7.73. The second-order valence-corrected chi connectivity index (χ2v) is 4.52. The van der Waals surface area contributed by atoms with Gasteiger partial charge < -0.3 is 4.42 Å². The van der Waals surface area contributed by atoms with Crippen molar-refractivity contribution < 1.29 is 4.42 Å². The molecule has 0 radical (unpaired) electrons. The number of aromatic nitrogens is 2. The second-order valence-electron chi connectivity index (χ2n) is 4.52. The van der Waals surface area contributed by atoms with E-state index in [-0.39, 0.29) is 0 Å². The first-order valence-electron chi connectivity index (χ1n) is 6.81. The van der Waals surface area contributed by atoms with E-state index >= 15 is 0 Å². The number of oxazole rings is 1. The topological polar surface area (TPSA) is 38.9 Å². The maximum atomic E-state index is 5.73. The van der Waals surface area contributed by atoms with Gasteiger partial charge in [0.2, 0.25) is 0 Å². The monoisotopic (exact) mass is 274 g/mol. The standard InChI is InChI=1S/C18H14N2O/c1-2-7-16(8-3-1)17-14-20-18(21-17)9-5-4-6-15-10-12-19-13-11-15/h1-3,7-8,10-14H,5,9H2. The lowest BCUT2D eigenvalue weighted by molar-refractivity contribution is 0.508. The van der Waals surface area contributed by atoms with Gasteiger partial charge in [-0.15, -0.1) is 0 Å². The van der Waals surface area contributed by atoms with Crippen LogP contribution in [0.1, 0.15) is 17.9 Å². The largest absolute Gasteiger partial charge is 0.441 e. The average Bonchev–Trinajstić information content (AvgIpc) is 3.02. The van der Waals surface area contributed by atoms with Crippen LogP contribution in [0.5, 0.6) is 0 Å². The summed E-state index contributed by atoms with van der Waals surface area (Å²) in [5.41, 5.74) is 2.02. The van der Waals surface area contributed by atoms with E-state index in [1.165, 1.54) is 0 Å². The van der Waals surface area contributed by atoms with Gasteiger partial charge in [-0.2, -0.15) is 0 Å². The molecule has 0 aliphatic carbocycles. The SMILES string of the molecule is C(#Cc1ccncc1)CCc1ncc(-c2ccccc2)o1. The van der Waals surface area contributed by atoms with E-state index in [1.54, 1.807) is 18.6 Å². The number of nitrogens with zero attached hydrogens (tertiary/aromatic N) is 2. The summed E-state index contributed by atoms with van der Waals surface area (Å²) in [5, 5.41) is 0. The lowest BCUT2D eigenvalue weighted by Gasteiger charge is -1.94. The van der Waals surface area contributed by atoms with Crippen LogP contribution in [-0.4, -0.2) is 9.97 Å². The van der Waals surface area contributed by atoms with Crippen LogP contribution in [-0.2, 0) is 6.42 Å². The van der Waals surface area contributed by atoms with Crippen molar-refractivity contribution in [3.8, 4) is 23.2 Å². The highest BCUT2D eigenvalue weighted by Crippen LogP contribution is 2.20. The summed E-state index contributed by atoms with van der Waals surface area (Å²) in [6, 6.07) is 13.8. The van der Waals surface area contributed by atoms with Gasteiger partial charge >= 0.3 is 0 Å². The molecule has 2 aromatic heterocycles. The van der Waals surface area contributed by atoms with E-state index in [2.05, 4.69) is 21.8 Å². The van der Waals surface area contributed by atoms with Gasteiger partial charge in [-0.05, 0) is 12.1 Å². The molecular formula is C18H14N2O. The van der Waals surface area contributed by atoms with E-state index in [0.29, 0.717) is 6.42 Å². The molecule has 0 saturated heterocycles. The Kier molecular flexibility index (Phi) is 4.09. The predicted molar refractivity (Wildman–Crippen MR) is 81.4 cm³/mol. The number of benzene rings is 1. The van der Waals surface area contributed by atoms with Gasteiger partial charge in [-0.25, -0.2) is 4.98 Å². The van der Waals surface area contributed by atoms with Crippen molar-refractivity contribution in [2.24, 2.45) is 0 Å². The van der Waals surface area contributed by atoms with Gasteiger partial charge in [-0.3, -0.25) is 4.98 Å². The summed E-state index contributed by atoms with van der Waals surface area (Å²) in [6.45, 7) is 0. The molecule has 0 spiro atoms. The zero-order chi connectivity index (χ0) is 14.3. The summed E-state index contributed by atoms with van der Waals surface area (Å²) in [4.78, 5) is 8.25. The molecule has 1 aromatic carbocycles. The molecule has 0 bridgehead atoms. The van der Waals surface area contributed by atoms with Gasteiger partial charge in [-0.1, -0.05) is 42.2 Å². The highest BCUT2D eigenvalue weighted by atomic mass is 16.4. The molecule has 21 heavy (non-hydrogen) atoms. The molecule has 3 rings (SSSR count). The number of aryl methyl sites for hydroxylation is 1. The van der Waals surface area contributed by atoms with Gasteiger partial charge in [0.25, 0.3) is 0 Å². The summed E-state index contributed by atoms with van der Waals surface area (Å²) < 4.78 is 5.73. The molecular weight excluding hydrogens is 260 g/mol. The van der Waals surface area contributed by atoms with Crippen molar-refractivity contribution in [2.75, 3.05) is 0 Å². The molecule has 102 valence electrons. The van der Waals surface area contributed by atoms with Crippen LogP contribution in [0.15, 0.2) is 65.5 Å². The van der Waals surface area contributed by atoms with Crippen molar-refractivity contribution in [3.05, 3.63) is 72.5 Å². The molecule has 0 fully saturated rings. The summed E-state index contributed by atoms with van der Waals surface area (Å²) >= 11 is 0. The zero-order valence-corrected chi connectivity index (χ0v) is 11.5. The van der Waals surface area contributed by atoms with Gasteiger partial charge in [0.15, 0.2) is 11.7 Å². The highest BCUT2D eigenvalue weighted by Gasteiger charge is 2.04. The molecule has 0 amide bonds. The molecule has 0 N–H and O–H groups in total. The molecule has 0 aliphatic heterocycles. The Morgan fingerprint density at radius 2 is 1.81 bits per heavy atom. The Hall–Kier alpha value is -2.86. The first-order chi connectivity index (χ1) is 10.4. The Labute approximate surface area is 123 Å². The fourth-order valence-corrected chi connectivity index (χ4v) is 1.93. The Morgan fingerprint density at radius 3 is 2.62 bits per heavy atom. The third kappa shape index (κ3) is 3.58. The average molecular weight is 274 g/mol. The third-order valence-electron chi connectivity index (χ3n) is 2.99. The zero-order valence-electron chi connectivity index (χ0n) is 11.5. The van der Waals surface area contributed by atoms with Crippen LogP contribution in [0.2, 0.25) is 0 Å². The fraction of sp³-hybridized carbons (Fsp3) is 0.111. The minimum atomic E-state index is 0.713. The first kappa shape index (κ1) is 13.1. The van der Waals surface area contributed by atoms with E-state index < -0.39 is 0 Å². The number of rotatable bonds is 3. The quantitative estimate of drug-likeness (QED) is 0.683. The minimum absolute atomic E-state index is 0.713. The van der Waals surface area contributed by atoms with Crippen LogP contribution in [0, 0.1) is 11.8 Å². The first-order valence-corrected chi connectivity index (χ1v) is 6.81. The third-order valence-corrected chi connectivity index (χ3v) is 2.99. The summed E-state index contributed by atoms with van der Waals surface area (Å²) in [7, 11) is 0. The lowest BCUT2D eigenvalue weighted by atomic mass is 10.2. The van der Waals surface area contributed by atoms with E-state index in [9.17, 15) is 0 Å². The molecule has 0 saturated carbocycles. The second kappa shape index (κ2) is 6.53. The molecule has 3 heteroatoms. The van der Waals surface area contributed by atoms with Gasteiger partial charge in [0, 0.05) is 36.4 Å². The van der Waals surface area contributed by atoms with Crippen LogP contribution in [0.4, 0.5) is 0 Å². The van der Waals surface area contributed by atoms with Gasteiger partial charge in [0.1, 0.15) is 0 Å². The smallest absolute Gasteiger partial charge is 0.195 e. The normalized spacial score (nSPS) is 9.90. The molecule has 0 atom stereocenters. The van der Waals surface area contributed by atoms with Crippen molar-refractivity contribution >= 4 is 0 Å². The van der Waals surface area contributed by atoms with Crippen molar-refractivity contribution in [1.82, 2.24) is 9.97 Å². The Bertz CT molecular complexity index is 752. The minimum Gasteiger partial charge on any atom is -0.441 e. The molecule has 0 aliphatic rings. The molecule has 2 heterocycles. The van der Waals surface area contributed by atoms with E-state index in [4.69, 9.17) is 4.42 Å². The molecule has 3 nitrogen and oxygen atoms in total. The highest BCUT2D eigenvalue weighted by molar-refractivity contribution is 5.55. The van der Waals surface area contributed by atoms with Crippen LogP contribution >= 0.6 is 0 Å². The number of pyridine rings is 1. The Balaban J connectivity index is 1.60. The van der Waals surface area contributed by atoms with Crippen molar-refractivity contribution in [1.29, 1.82) is 0 Å². The molecule has 0 unspecified atom stereocenters. The predicted octanol–water partition coefficient (Wildman–Crippen LogP) is 3.72. The van der Waals surface area contributed by atoms with Crippen LogP contribution < -0.4 is 0 Å². The van der Waals surface area contributed by atoms with Crippen molar-refractivity contribution in [2.45, 2.75) is 12.8 Å². The van der Waals surface area contributed by atoms with Gasteiger partial charge in [0.05, 0.1) is 6.20 Å². The lowest BCUT2D eigenvalue weighted by Crippen LogP contribution is -1.82. The molecule has 3 aromatic rings. The number of hydrogen-bond acceptors (Lipinski definition) is 3. The number of hydrogen-bond donors (Lipinski definition) is 0. The van der Waals surface area contributed by atoms with E-state index in [0.717, 1.165) is 29.2 Å². The maximum Gasteiger partial charge on any atom is 0.195 e. The van der Waals surface area contributed by atoms with Crippen molar-refractivity contribution in [3.63, 3.8) is 0 Å². The van der Waals surface area contributed by atoms with Crippen LogP contribution in [0.3, 0.4) is 0 Å². The van der Waals surface area contributed by atoms with Crippen LogP contribution in [0.25, 0.3) is 11.3 Å². The fourth-order valence-electron chi connectivity index (χ4n) is 1.93. The Morgan fingerprint density at radius 1 is 1.00 bits per heavy atom. The summed E-state index contributed by atoms with van der Waals surface area (Å²) in [6.07, 6.45) is 6.68. The maximum absolute atomic E-state index is 5.73.